The SMILES string of the molecule is Cc1ccsc1CN(C)S(=O)(=O)c1ccc2c(c1)NC(=O)CO2. The van der Waals surface area contributed by atoms with Crippen LogP contribution in [0.25, 0.3) is 0 Å². The van der Waals surface area contributed by atoms with Gasteiger partial charge in [-0.15, -0.1) is 11.3 Å². The number of benzene rings is 1. The zero-order valence-electron chi connectivity index (χ0n) is 12.7. The molecule has 0 saturated heterocycles. The van der Waals surface area contributed by atoms with Gasteiger partial charge in [0.2, 0.25) is 10.0 Å². The van der Waals surface area contributed by atoms with Gasteiger partial charge in [-0.3, -0.25) is 4.79 Å². The molecule has 0 radical (unpaired) electrons. The third-order valence-corrected chi connectivity index (χ3v) is 6.43. The van der Waals surface area contributed by atoms with Gasteiger partial charge in [-0.2, -0.15) is 4.31 Å². The highest BCUT2D eigenvalue weighted by Gasteiger charge is 2.25. The lowest BCUT2D eigenvalue weighted by molar-refractivity contribution is -0.118. The van der Waals surface area contributed by atoms with E-state index in [1.807, 2.05) is 18.4 Å². The smallest absolute Gasteiger partial charge is 0.262 e. The van der Waals surface area contributed by atoms with Crippen LogP contribution in [0, 0.1) is 6.92 Å². The molecule has 1 amide bonds. The van der Waals surface area contributed by atoms with Gasteiger partial charge in [0, 0.05) is 18.5 Å². The maximum Gasteiger partial charge on any atom is 0.262 e. The number of carbonyl (C=O) groups excluding carboxylic acids is 1. The minimum atomic E-state index is -3.65. The van der Waals surface area contributed by atoms with Gasteiger partial charge in [0.25, 0.3) is 5.91 Å². The molecule has 0 atom stereocenters. The lowest BCUT2D eigenvalue weighted by Gasteiger charge is -2.21. The number of hydrogen-bond donors (Lipinski definition) is 1. The van der Waals surface area contributed by atoms with E-state index in [9.17, 15) is 13.2 Å². The number of nitrogens with one attached hydrogen (secondary N) is 1. The van der Waals surface area contributed by atoms with E-state index in [0.29, 0.717) is 18.0 Å². The minimum absolute atomic E-state index is 0.0589. The molecule has 6 nitrogen and oxygen atoms in total. The summed E-state index contributed by atoms with van der Waals surface area (Å²) in [6.07, 6.45) is 0. The van der Waals surface area contributed by atoms with Crippen molar-refractivity contribution in [3.63, 3.8) is 0 Å². The van der Waals surface area contributed by atoms with Gasteiger partial charge >= 0.3 is 0 Å². The summed E-state index contributed by atoms with van der Waals surface area (Å²) in [5.74, 6) is 0.176. The molecule has 0 unspecified atom stereocenters. The predicted molar refractivity (Wildman–Crippen MR) is 88.3 cm³/mol. The van der Waals surface area contributed by atoms with E-state index in [1.54, 1.807) is 13.1 Å². The molecule has 0 bridgehead atoms. The quantitative estimate of drug-likeness (QED) is 0.915. The first-order chi connectivity index (χ1) is 10.9. The van der Waals surface area contributed by atoms with Crippen LogP contribution < -0.4 is 10.1 Å². The van der Waals surface area contributed by atoms with Crippen LogP contribution in [-0.2, 0) is 21.4 Å². The molecular formula is C15H16N2O4S2. The zero-order chi connectivity index (χ0) is 16.6. The standard InChI is InChI=1S/C15H16N2O4S2/c1-10-5-6-22-14(10)8-17(2)23(19,20)11-3-4-13-12(7-11)16-15(18)9-21-13/h3-7H,8-9H2,1-2H3,(H,16,18). The second kappa shape index (κ2) is 5.95. The molecule has 3 rings (SSSR count). The van der Waals surface area contributed by atoms with Crippen LogP contribution in [0.5, 0.6) is 5.75 Å². The fourth-order valence-electron chi connectivity index (χ4n) is 2.26. The number of sulfonamides is 1. The first-order valence-corrected chi connectivity index (χ1v) is 9.26. The van der Waals surface area contributed by atoms with Crippen molar-refractivity contribution in [1.82, 2.24) is 4.31 Å². The highest BCUT2D eigenvalue weighted by atomic mass is 32.2. The number of thiophene rings is 1. The first kappa shape index (κ1) is 16.0. The molecule has 1 aromatic heterocycles. The van der Waals surface area contributed by atoms with Gasteiger partial charge in [-0.1, -0.05) is 0 Å². The van der Waals surface area contributed by atoms with Crippen LogP contribution in [0.2, 0.25) is 0 Å². The molecular weight excluding hydrogens is 336 g/mol. The van der Waals surface area contributed by atoms with Crippen molar-refractivity contribution in [2.75, 3.05) is 19.0 Å². The van der Waals surface area contributed by atoms with E-state index < -0.39 is 10.0 Å². The zero-order valence-corrected chi connectivity index (χ0v) is 14.3. The number of anilines is 1. The number of amides is 1. The molecule has 0 spiro atoms. The Morgan fingerprint density at radius 1 is 1.35 bits per heavy atom. The molecule has 2 heterocycles. The monoisotopic (exact) mass is 352 g/mol. The van der Waals surface area contributed by atoms with Gasteiger partial charge in [-0.05, 0) is 42.1 Å². The Kier molecular flexibility index (Phi) is 4.13. The minimum Gasteiger partial charge on any atom is -0.482 e. The predicted octanol–water partition coefficient (Wildman–Crippen LogP) is 2.21. The Bertz CT molecular complexity index is 858. The van der Waals surface area contributed by atoms with Crippen molar-refractivity contribution in [3.05, 3.63) is 40.1 Å². The summed E-state index contributed by atoms with van der Waals surface area (Å²) in [5, 5.41) is 4.56. The van der Waals surface area contributed by atoms with Crippen molar-refractivity contribution in [3.8, 4) is 5.75 Å². The van der Waals surface area contributed by atoms with Crippen LogP contribution in [-0.4, -0.2) is 32.3 Å². The molecule has 1 aliphatic rings. The van der Waals surface area contributed by atoms with Crippen LogP contribution in [0.1, 0.15) is 10.4 Å². The summed E-state index contributed by atoms with van der Waals surface area (Å²) in [6.45, 7) is 2.21. The van der Waals surface area contributed by atoms with Gasteiger partial charge < -0.3 is 10.1 Å². The number of aryl methyl sites for hydroxylation is 1. The van der Waals surface area contributed by atoms with Crippen molar-refractivity contribution >= 4 is 33.0 Å². The Balaban J connectivity index is 1.89. The van der Waals surface area contributed by atoms with Crippen molar-refractivity contribution < 1.29 is 17.9 Å². The van der Waals surface area contributed by atoms with Crippen LogP contribution >= 0.6 is 11.3 Å². The molecule has 1 aromatic carbocycles. The number of hydrogen-bond acceptors (Lipinski definition) is 5. The molecule has 8 heteroatoms. The van der Waals surface area contributed by atoms with Crippen LogP contribution in [0.4, 0.5) is 5.69 Å². The number of nitrogens with zero attached hydrogens (tertiary/aromatic N) is 1. The van der Waals surface area contributed by atoms with Crippen molar-refractivity contribution in [2.24, 2.45) is 0 Å². The largest absolute Gasteiger partial charge is 0.482 e. The highest BCUT2D eigenvalue weighted by molar-refractivity contribution is 7.89. The molecule has 2 aromatic rings. The Morgan fingerprint density at radius 3 is 2.83 bits per heavy atom. The van der Waals surface area contributed by atoms with Crippen molar-refractivity contribution in [1.29, 1.82) is 0 Å². The van der Waals surface area contributed by atoms with Gasteiger partial charge in [-0.25, -0.2) is 8.42 Å². The van der Waals surface area contributed by atoms with Gasteiger partial charge in [0.1, 0.15) is 5.75 Å². The van der Waals surface area contributed by atoms with Gasteiger partial charge in [0.15, 0.2) is 6.61 Å². The molecule has 122 valence electrons. The Labute approximate surface area is 138 Å². The average molecular weight is 352 g/mol. The Hall–Kier alpha value is -1.90. The fraction of sp³-hybridized carbons (Fsp3) is 0.267. The average Bonchev–Trinajstić information content (AvgIpc) is 2.91. The van der Waals surface area contributed by atoms with E-state index in [4.69, 9.17) is 4.74 Å². The van der Waals surface area contributed by atoms with Crippen LogP contribution in [0.15, 0.2) is 34.5 Å². The summed E-state index contributed by atoms with van der Waals surface area (Å²) in [7, 11) is -2.10. The molecule has 0 saturated carbocycles. The molecule has 1 aliphatic heterocycles. The third-order valence-electron chi connectivity index (χ3n) is 3.63. The number of fused-ring (bicyclic) bond motifs is 1. The van der Waals surface area contributed by atoms with Gasteiger partial charge in [0.05, 0.1) is 10.6 Å². The summed E-state index contributed by atoms with van der Waals surface area (Å²) < 4.78 is 32.0. The highest BCUT2D eigenvalue weighted by Crippen LogP contribution is 2.31. The maximum absolute atomic E-state index is 12.7. The van der Waals surface area contributed by atoms with E-state index >= 15 is 0 Å². The lowest BCUT2D eigenvalue weighted by atomic mass is 10.2. The third kappa shape index (κ3) is 3.10. The summed E-state index contributed by atoms with van der Waals surface area (Å²) in [5.41, 5.74) is 1.45. The van der Waals surface area contributed by atoms with E-state index in [-0.39, 0.29) is 17.4 Å². The summed E-state index contributed by atoms with van der Waals surface area (Å²) in [6, 6.07) is 6.45. The van der Waals surface area contributed by atoms with E-state index in [1.165, 1.54) is 27.8 Å². The van der Waals surface area contributed by atoms with Crippen LogP contribution in [0.3, 0.4) is 0 Å². The molecule has 23 heavy (non-hydrogen) atoms. The second-order valence-electron chi connectivity index (χ2n) is 5.28. The Morgan fingerprint density at radius 2 is 2.13 bits per heavy atom. The fourth-order valence-corrected chi connectivity index (χ4v) is 4.46. The lowest BCUT2D eigenvalue weighted by Crippen LogP contribution is -2.28. The van der Waals surface area contributed by atoms with E-state index in [2.05, 4.69) is 5.32 Å². The van der Waals surface area contributed by atoms with Crippen molar-refractivity contribution in [2.45, 2.75) is 18.4 Å². The number of rotatable bonds is 4. The topological polar surface area (TPSA) is 75.7 Å². The summed E-state index contributed by atoms with van der Waals surface area (Å²) in [4.78, 5) is 12.5. The summed E-state index contributed by atoms with van der Waals surface area (Å²) >= 11 is 1.53. The maximum atomic E-state index is 12.7. The molecule has 0 aliphatic carbocycles. The normalized spacial score (nSPS) is 14.3. The molecule has 0 fully saturated rings. The molecule has 1 N–H and O–H groups in total. The second-order valence-corrected chi connectivity index (χ2v) is 8.33. The first-order valence-electron chi connectivity index (χ1n) is 6.94. The number of ether oxygens (including phenoxy) is 1. The number of carbonyl (C=O) groups is 1. The van der Waals surface area contributed by atoms with E-state index in [0.717, 1.165) is 10.4 Å².